The van der Waals surface area contributed by atoms with E-state index in [2.05, 4.69) is 24.7 Å². The van der Waals surface area contributed by atoms with Gasteiger partial charge in [0.05, 0.1) is 0 Å². The van der Waals surface area contributed by atoms with Crippen molar-refractivity contribution in [2.45, 2.75) is 49.3 Å². The van der Waals surface area contributed by atoms with Gasteiger partial charge in [0.2, 0.25) is 5.95 Å². The van der Waals surface area contributed by atoms with Gasteiger partial charge in [-0.2, -0.15) is 0 Å². The number of aromatic nitrogens is 5. The molecule has 7 heteroatoms. The Kier molecular flexibility index (Phi) is 3.37. The van der Waals surface area contributed by atoms with Gasteiger partial charge in [0.25, 0.3) is 0 Å². The standard InChI is InChI=1S/C12H16N6S/c1-8-7-10(15-11(13)14-8)19-12-17-16-9-5-3-2-4-6-18(9)12/h7H,2-6H2,1H3,(H2,13,14,15). The van der Waals surface area contributed by atoms with Crippen molar-refractivity contribution in [3.8, 4) is 0 Å². The zero-order valence-electron chi connectivity index (χ0n) is 10.8. The number of aryl methyl sites for hydroxylation is 2. The molecule has 0 saturated carbocycles. The summed E-state index contributed by atoms with van der Waals surface area (Å²) < 4.78 is 2.20. The van der Waals surface area contributed by atoms with Gasteiger partial charge in [-0.3, -0.25) is 0 Å². The maximum atomic E-state index is 5.67. The lowest BCUT2D eigenvalue weighted by Gasteiger charge is -2.06. The van der Waals surface area contributed by atoms with Gasteiger partial charge in [-0.25, -0.2) is 9.97 Å². The zero-order valence-corrected chi connectivity index (χ0v) is 11.7. The number of nitrogen functional groups attached to an aromatic ring is 1. The maximum Gasteiger partial charge on any atom is 0.221 e. The van der Waals surface area contributed by atoms with E-state index in [0.29, 0.717) is 5.95 Å². The van der Waals surface area contributed by atoms with Crippen LogP contribution in [0, 0.1) is 6.92 Å². The predicted molar refractivity (Wildman–Crippen MR) is 72.9 cm³/mol. The highest BCUT2D eigenvalue weighted by molar-refractivity contribution is 7.99. The van der Waals surface area contributed by atoms with Crippen molar-refractivity contribution < 1.29 is 0 Å². The van der Waals surface area contributed by atoms with Gasteiger partial charge in [-0.1, -0.05) is 6.42 Å². The largest absolute Gasteiger partial charge is 0.368 e. The number of hydrogen-bond acceptors (Lipinski definition) is 6. The fraction of sp³-hybridized carbons (Fsp3) is 0.500. The minimum absolute atomic E-state index is 0.304. The molecule has 1 aliphatic heterocycles. The molecule has 19 heavy (non-hydrogen) atoms. The van der Waals surface area contributed by atoms with Crippen LogP contribution in [0.15, 0.2) is 16.2 Å². The van der Waals surface area contributed by atoms with Crippen molar-refractivity contribution >= 4 is 17.7 Å². The lowest BCUT2D eigenvalue weighted by atomic mass is 10.2. The van der Waals surface area contributed by atoms with Crippen LogP contribution in [0.5, 0.6) is 0 Å². The Balaban J connectivity index is 1.89. The van der Waals surface area contributed by atoms with Gasteiger partial charge < -0.3 is 10.3 Å². The lowest BCUT2D eigenvalue weighted by Crippen LogP contribution is -2.03. The highest BCUT2D eigenvalue weighted by atomic mass is 32.2. The quantitative estimate of drug-likeness (QED) is 0.843. The van der Waals surface area contributed by atoms with E-state index in [1.165, 1.54) is 31.0 Å². The molecule has 0 radical (unpaired) electrons. The third-order valence-corrected chi connectivity index (χ3v) is 4.02. The molecule has 0 amide bonds. The Morgan fingerprint density at radius 2 is 2.11 bits per heavy atom. The van der Waals surface area contributed by atoms with Gasteiger partial charge in [-0.05, 0) is 37.6 Å². The van der Waals surface area contributed by atoms with Gasteiger partial charge in [-0.15, -0.1) is 10.2 Å². The highest BCUT2D eigenvalue weighted by Gasteiger charge is 2.16. The topological polar surface area (TPSA) is 82.5 Å². The number of hydrogen-bond donors (Lipinski definition) is 1. The summed E-state index contributed by atoms with van der Waals surface area (Å²) in [5.74, 6) is 1.39. The van der Waals surface area contributed by atoms with E-state index >= 15 is 0 Å². The monoisotopic (exact) mass is 276 g/mol. The molecular formula is C12H16N6S. The van der Waals surface area contributed by atoms with Crippen molar-refractivity contribution in [2.75, 3.05) is 5.73 Å². The minimum Gasteiger partial charge on any atom is -0.368 e. The van der Waals surface area contributed by atoms with Crippen LogP contribution in [0.2, 0.25) is 0 Å². The van der Waals surface area contributed by atoms with Gasteiger partial charge in [0.1, 0.15) is 10.9 Å². The van der Waals surface area contributed by atoms with Crippen molar-refractivity contribution in [2.24, 2.45) is 0 Å². The van der Waals surface area contributed by atoms with Gasteiger partial charge in [0.15, 0.2) is 5.16 Å². The molecule has 2 N–H and O–H groups in total. The molecule has 0 spiro atoms. The summed E-state index contributed by atoms with van der Waals surface area (Å²) in [6.07, 6.45) is 4.65. The van der Waals surface area contributed by atoms with E-state index in [1.807, 2.05) is 13.0 Å². The molecule has 0 bridgehead atoms. The first kappa shape index (κ1) is 12.4. The molecule has 6 nitrogen and oxygen atoms in total. The molecular weight excluding hydrogens is 260 g/mol. The van der Waals surface area contributed by atoms with E-state index in [-0.39, 0.29) is 0 Å². The Bertz CT molecular complexity index is 574. The third-order valence-electron chi connectivity index (χ3n) is 3.12. The molecule has 100 valence electrons. The highest BCUT2D eigenvalue weighted by Crippen LogP contribution is 2.27. The fourth-order valence-electron chi connectivity index (χ4n) is 2.24. The second kappa shape index (κ2) is 5.16. The molecule has 0 unspecified atom stereocenters. The zero-order chi connectivity index (χ0) is 13.2. The molecule has 3 rings (SSSR count). The van der Waals surface area contributed by atoms with E-state index in [0.717, 1.165) is 34.7 Å². The van der Waals surface area contributed by atoms with Crippen LogP contribution in [-0.4, -0.2) is 24.7 Å². The summed E-state index contributed by atoms with van der Waals surface area (Å²) >= 11 is 1.50. The average Bonchev–Trinajstić information content (AvgIpc) is 2.59. The summed E-state index contributed by atoms with van der Waals surface area (Å²) in [7, 11) is 0. The van der Waals surface area contributed by atoms with E-state index in [4.69, 9.17) is 5.73 Å². The number of fused-ring (bicyclic) bond motifs is 1. The number of anilines is 1. The van der Waals surface area contributed by atoms with Crippen molar-refractivity contribution in [1.82, 2.24) is 24.7 Å². The fourth-order valence-corrected chi connectivity index (χ4v) is 3.19. The van der Waals surface area contributed by atoms with Crippen molar-refractivity contribution in [3.63, 3.8) is 0 Å². The smallest absolute Gasteiger partial charge is 0.221 e. The maximum absolute atomic E-state index is 5.67. The molecule has 0 atom stereocenters. The van der Waals surface area contributed by atoms with E-state index in [1.54, 1.807) is 0 Å². The number of rotatable bonds is 2. The SMILES string of the molecule is Cc1cc(Sc2nnc3n2CCCCC3)nc(N)n1. The minimum atomic E-state index is 0.304. The van der Waals surface area contributed by atoms with Crippen molar-refractivity contribution in [1.29, 1.82) is 0 Å². The van der Waals surface area contributed by atoms with Crippen molar-refractivity contribution in [3.05, 3.63) is 17.6 Å². The molecule has 0 saturated heterocycles. The van der Waals surface area contributed by atoms with Crippen LogP contribution in [0.3, 0.4) is 0 Å². The summed E-state index contributed by atoms with van der Waals surface area (Å²) in [4.78, 5) is 8.31. The first-order chi connectivity index (χ1) is 9.22. The number of nitrogens with zero attached hydrogens (tertiary/aromatic N) is 5. The van der Waals surface area contributed by atoms with Gasteiger partial charge in [0, 0.05) is 18.7 Å². The summed E-state index contributed by atoms with van der Waals surface area (Å²) in [5.41, 5.74) is 6.54. The first-order valence-corrected chi connectivity index (χ1v) is 7.25. The van der Waals surface area contributed by atoms with E-state index in [9.17, 15) is 0 Å². The second-order valence-corrected chi connectivity index (χ2v) is 5.66. The predicted octanol–water partition coefficient (Wildman–Crippen LogP) is 1.84. The molecule has 0 aliphatic carbocycles. The molecule has 1 aliphatic rings. The average molecular weight is 276 g/mol. The molecule has 2 aromatic heterocycles. The number of nitrogens with two attached hydrogens (primary N) is 1. The lowest BCUT2D eigenvalue weighted by molar-refractivity contribution is 0.590. The van der Waals surface area contributed by atoms with Crippen LogP contribution in [-0.2, 0) is 13.0 Å². The normalized spacial score (nSPS) is 15.0. The Labute approximate surface area is 115 Å². The Morgan fingerprint density at radius 3 is 2.95 bits per heavy atom. The second-order valence-electron chi connectivity index (χ2n) is 4.67. The van der Waals surface area contributed by atoms with Crippen LogP contribution >= 0.6 is 11.8 Å². The van der Waals surface area contributed by atoms with Crippen LogP contribution in [0.1, 0.15) is 30.8 Å². The molecule has 3 heterocycles. The Morgan fingerprint density at radius 1 is 1.21 bits per heavy atom. The Hall–Kier alpha value is -1.63. The van der Waals surface area contributed by atoms with E-state index < -0.39 is 0 Å². The molecule has 2 aromatic rings. The van der Waals surface area contributed by atoms with Crippen LogP contribution in [0.4, 0.5) is 5.95 Å². The summed E-state index contributed by atoms with van der Waals surface area (Å²) in [6.45, 7) is 2.90. The summed E-state index contributed by atoms with van der Waals surface area (Å²) in [6, 6.07) is 1.92. The summed E-state index contributed by atoms with van der Waals surface area (Å²) in [5, 5.41) is 10.3. The first-order valence-electron chi connectivity index (χ1n) is 6.43. The molecule has 0 aromatic carbocycles. The molecule has 0 fully saturated rings. The van der Waals surface area contributed by atoms with Crippen LogP contribution in [0.25, 0.3) is 0 Å². The van der Waals surface area contributed by atoms with Gasteiger partial charge >= 0.3 is 0 Å². The van der Waals surface area contributed by atoms with Crippen LogP contribution < -0.4 is 5.73 Å². The third kappa shape index (κ3) is 2.70.